The predicted molar refractivity (Wildman–Crippen MR) is 115 cm³/mol. The van der Waals surface area contributed by atoms with Crippen molar-refractivity contribution < 1.29 is 9.53 Å². The number of carbonyl (C=O) groups excluding carboxylic acids is 1. The van der Waals surface area contributed by atoms with Gasteiger partial charge in [-0.2, -0.15) is 0 Å². The summed E-state index contributed by atoms with van der Waals surface area (Å²) >= 11 is 0. The Hall–Kier alpha value is -3.99. The van der Waals surface area contributed by atoms with E-state index in [4.69, 9.17) is 14.7 Å². The van der Waals surface area contributed by atoms with E-state index in [0.717, 1.165) is 38.4 Å². The van der Waals surface area contributed by atoms with Crippen LogP contribution in [-0.2, 0) is 11.3 Å². The Morgan fingerprint density at radius 2 is 1.59 bits per heavy atom. The van der Waals surface area contributed by atoms with Crippen LogP contribution in [0.3, 0.4) is 0 Å². The van der Waals surface area contributed by atoms with E-state index >= 15 is 0 Å². The molecule has 0 aliphatic heterocycles. The molecule has 1 heterocycles. The number of amides is 1. The Bertz CT molecular complexity index is 1350. The molecule has 0 unspecified atom stereocenters. The van der Waals surface area contributed by atoms with E-state index in [9.17, 15) is 4.79 Å². The number of nitrogens with zero attached hydrogens (tertiary/aromatic N) is 2. The van der Waals surface area contributed by atoms with Crippen LogP contribution in [0.4, 0.5) is 10.5 Å². The number of aromatic nitrogens is 2. The van der Waals surface area contributed by atoms with Crippen molar-refractivity contribution in [2.24, 2.45) is 0 Å². The summed E-state index contributed by atoms with van der Waals surface area (Å²) in [5.74, 6) is 0. The average molecular weight is 379 g/mol. The largest absolute Gasteiger partial charge is 0.444 e. The molecule has 5 heteroatoms. The first-order valence-electron chi connectivity index (χ1n) is 9.33. The zero-order valence-corrected chi connectivity index (χ0v) is 15.5. The fourth-order valence-electron chi connectivity index (χ4n) is 3.36. The van der Waals surface area contributed by atoms with E-state index in [0.29, 0.717) is 5.69 Å². The smallest absolute Gasteiger partial charge is 0.411 e. The number of ether oxygens (including phenoxy) is 1. The SMILES string of the molecule is O=C(Nc1ccc2nc3ccc4ccccc4c3nc2c1)OCc1ccccc1. The standard InChI is InChI=1S/C24H17N3O2/c28-24(29-15-16-6-2-1-3-7-16)25-18-11-13-20-22(14-18)27-23-19-9-5-4-8-17(19)10-12-21(23)26-20/h1-14H,15H2,(H,25,28). The minimum Gasteiger partial charge on any atom is -0.444 e. The third-order valence-electron chi connectivity index (χ3n) is 4.79. The lowest BCUT2D eigenvalue weighted by molar-refractivity contribution is 0.155. The van der Waals surface area contributed by atoms with Gasteiger partial charge in [0.1, 0.15) is 6.61 Å². The normalized spacial score (nSPS) is 11.0. The van der Waals surface area contributed by atoms with Crippen molar-refractivity contribution in [1.29, 1.82) is 0 Å². The second-order valence-corrected chi connectivity index (χ2v) is 6.77. The fourth-order valence-corrected chi connectivity index (χ4v) is 3.36. The van der Waals surface area contributed by atoms with Crippen LogP contribution in [-0.4, -0.2) is 16.1 Å². The zero-order chi connectivity index (χ0) is 19.6. The monoisotopic (exact) mass is 379 g/mol. The topological polar surface area (TPSA) is 64.1 Å². The summed E-state index contributed by atoms with van der Waals surface area (Å²) in [6, 6.07) is 27.2. The Kier molecular flexibility index (Phi) is 4.26. The van der Waals surface area contributed by atoms with Crippen molar-refractivity contribution in [3.05, 3.63) is 90.5 Å². The second-order valence-electron chi connectivity index (χ2n) is 6.77. The number of anilines is 1. The Balaban J connectivity index is 1.43. The van der Waals surface area contributed by atoms with Crippen LogP contribution in [0.15, 0.2) is 84.9 Å². The lowest BCUT2D eigenvalue weighted by Gasteiger charge is -2.09. The molecule has 1 amide bonds. The van der Waals surface area contributed by atoms with Crippen molar-refractivity contribution >= 4 is 44.6 Å². The highest BCUT2D eigenvalue weighted by atomic mass is 16.5. The second kappa shape index (κ2) is 7.20. The molecule has 5 aromatic rings. The molecule has 0 spiro atoms. The highest BCUT2D eigenvalue weighted by Crippen LogP contribution is 2.26. The van der Waals surface area contributed by atoms with Gasteiger partial charge in [-0.1, -0.05) is 60.7 Å². The number of hydrogen-bond donors (Lipinski definition) is 1. The summed E-state index contributed by atoms with van der Waals surface area (Å²) in [6.07, 6.45) is -0.507. The van der Waals surface area contributed by atoms with E-state index < -0.39 is 6.09 Å². The van der Waals surface area contributed by atoms with E-state index in [1.54, 1.807) is 6.07 Å². The summed E-state index contributed by atoms with van der Waals surface area (Å²) in [6.45, 7) is 0.219. The molecule has 0 bridgehead atoms. The number of nitrogens with one attached hydrogen (secondary N) is 1. The number of benzene rings is 4. The van der Waals surface area contributed by atoms with E-state index in [-0.39, 0.29) is 6.61 Å². The van der Waals surface area contributed by atoms with Crippen molar-refractivity contribution in [1.82, 2.24) is 9.97 Å². The lowest BCUT2D eigenvalue weighted by Crippen LogP contribution is -2.13. The molecule has 1 aromatic heterocycles. The number of carbonyl (C=O) groups is 1. The van der Waals surface area contributed by atoms with Crippen molar-refractivity contribution in [3.63, 3.8) is 0 Å². The van der Waals surface area contributed by atoms with Crippen LogP contribution < -0.4 is 5.32 Å². The zero-order valence-electron chi connectivity index (χ0n) is 15.5. The summed E-state index contributed by atoms with van der Waals surface area (Å²) in [5.41, 5.74) is 4.74. The lowest BCUT2D eigenvalue weighted by atomic mass is 10.1. The minimum absolute atomic E-state index is 0.219. The van der Waals surface area contributed by atoms with Crippen molar-refractivity contribution in [3.8, 4) is 0 Å². The van der Waals surface area contributed by atoms with E-state index in [1.165, 1.54) is 0 Å². The highest BCUT2D eigenvalue weighted by Gasteiger charge is 2.08. The van der Waals surface area contributed by atoms with Gasteiger partial charge in [0, 0.05) is 11.1 Å². The van der Waals surface area contributed by atoms with E-state index in [1.807, 2.05) is 66.7 Å². The van der Waals surface area contributed by atoms with Crippen LogP contribution in [0.25, 0.3) is 32.8 Å². The van der Waals surface area contributed by atoms with Gasteiger partial charge in [0.2, 0.25) is 0 Å². The quantitative estimate of drug-likeness (QED) is 0.323. The molecule has 5 rings (SSSR count). The molecule has 0 aliphatic carbocycles. The maximum Gasteiger partial charge on any atom is 0.411 e. The summed E-state index contributed by atoms with van der Waals surface area (Å²) in [7, 11) is 0. The first-order chi connectivity index (χ1) is 14.3. The highest BCUT2D eigenvalue weighted by molar-refractivity contribution is 6.06. The van der Waals surface area contributed by atoms with Crippen molar-refractivity contribution in [2.75, 3.05) is 5.32 Å². The Morgan fingerprint density at radius 3 is 2.48 bits per heavy atom. The number of hydrogen-bond acceptors (Lipinski definition) is 4. The van der Waals surface area contributed by atoms with Crippen LogP contribution in [0.2, 0.25) is 0 Å². The first kappa shape index (κ1) is 17.1. The first-order valence-corrected chi connectivity index (χ1v) is 9.33. The molecule has 1 N–H and O–H groups in total. The molecule has 0 saturated heterocycles. The Labute approximate surface area is 167 Å². The number of rotatable bonds is 3. The molecule has 5 nitrogen and oxygen atoms in total. The van der Waals surface area contributed by atoms with Gasteiger partial charge in [0.25, 0.3) is 0 Å². The molecule has 29 heavy (non-hydrogen) atoms. The molecule has 4 aromatic carbocycles. The van der Waals surface area contributed by atoms with Crippen LogP contribution in [0.1, 0.15) is 5.56 Å². The third kappa shape index (κ3) is 3.46. The molecule has 0 atom stereocenters. The minimum atomic E-state index is -0.507. The summed E-state index contributed by atoms with van der Waals surface area (Å²) in [5, 5.41) is 4.93. The molecular weight excluding hydrogens is 362 g/mol. The maximum absolute atomic E-state index is 12.1. The predicted octanol–water partition coefficient (Wildman–Crippen LogP) is 5.68. The van der Waals surface area contributed by atoms with Crippen LogP contribution >= 0.6 is 0 Å². The van der Waals surface area contributed by atoms with Gasteiger partial charge in [-0.05, 0) is 35.2 Å². The molecule has 0 aliphatic rings. The fraction of sp³-hybridized carbons (Fsp3) is 0.0417. The van der Waals surface area contributed by atoms with Crippen molar-refractivity contribution in [2.45, 2.75) is 6.61 Å². The molecule has 0 fully saturated rings. The third-order valence-corrected chi connectivity index (χ3v) is 4.79. The summed E-state index contributed by atoms with van der Waals surface area (Å²) in [4.78, 5) is 21.7. The van der Waals surface area contributed by atoms with Gasteiger partial charge in [-0.15, -0.1) is 0 Å². The molecule has 0 radical (unpaired) electrons. The van der Waals surface area contributed by atoms with Gasteiger partial charge in [-0.3, -0.25) is 5.32 Å². The number of fused-ring (bicyclic) bond motifs is 4. The maximum atomic E-state index is 12.1. The van der Waals surface area contributed by atoms with Gasteiger partial charge in [0.15, 0.2) is 0 Å². The van der Waals surface area contributed by atoms with Gasteiger partial charge < -0.3 is 4.74 Å². The van der Waals surface area contributed by atoms with E-state index in [2.05, 4.69) is 17.4 Å². The molecule has 140 valence electrons. The van der Waals surface area contributed by atoms with Crippen LogP contribution in [0, 0.1) is 0 Å². The Morgan fingerprint density at radius 1 is 0.793 bits per heavy atom. The molecular formula is C24H17N3O2. The van der Waals surface area contributed by atoms with Crippen LogP contribution in [0.5, 0.6) is 0 Å². The van der Waals surface area contributed by atoms with Gasteiger partial charge in [-0.25, -0.2) is 14.8 Å². The van der Waals surface area contributed by atoms with Gasteiger partial charge >= 0.3 is 6.09 Å². The van der Waals surface area contributed by atoms with Gasteiger partial charge in [0.05, 0.1) is 22.1 Å². The molecule has 0 saturated carbocycles. The average Bonchev–Trinajstić information content (AvgIpc) is 2.77. The summed E-state index contributed by atoms with van der Waals surface area (Å²) < 4.78 is 5.29.